The average Bonchev–Trinajstić information content (AvgIpc) is 1.82. The maximum absolute atomic E-state index is 10.6. The minimum atomic E-state index is 0.153. The lowest BCUT2D eigenvalue weighted by Gasteiger charge is -2.12. The van der Waals surface area contributed by atoms with Gasteiger partial charge in [0.2, 0.25) is 5.91 Å². The Morgan fingerprint density at radius 1 is 1.67 bits per heavy atom. The van der Waals surface area contributed by atoms with Crippen molar-refractivity contribution in [2.75, 3.05) is 18.0 Å². The summed E-state index contributed by atoms with van der Waals surface area (Å²) < 4.78 is 1.12. The first-order valence-corrected chi connectivity index (χ1v) is 4.48. The smallest absolute Gasteiger partial charge is 0.219 e. The molecule has 0 saturated heterocycles. The highest BCUT2D eigenvalue weighted by atomic mass is 127. The van der Waals surface area contributed by atoms with E-state index in [0.717, 1.165) is 17.4 Å². The fourth-order valence-corrected chi connectivity index (χ4v) is 0.796. The van der Waals surface area contributed by atoms with E-state index in [2.05, 4.69) is 22.6 Å². The van der Waals surface area contributed by atoms with E-state index in [9.17, 15) is 4.79 Å². The van der Waals surface area contributed by atoms with Crippen molar-refractivity contribution in [1.29, 1.82) is 0 Å². The summed E-state index contributed by atoms with van der Waals surface area (Å²) >= 11 is 2.31. The van der Waals surface area contributed by atoms with Gasteiger partial charge >= 0.3 is 0 Å². The first-order chi connectivity index (χ1) is 4.18. The van der Waals surface area contributed by atoms with E-state index in [-0.39, 0.29) is 5.91 Å². The van der Waals surface area contributed by atoms with Gasteiger partial charge in [0.1, 0.15) is 0 Å². The molecule has 54 valence electrons. The highest BCUT2D eigenvalue weighted by Crippen LogP contribution is 1.91. The van der Waals surface area contributed by atoms with Gasteiger partial charge in [-0.1, -0.05) is 22.6 Å². The summed E-state index contributed by atoms with van der Waals surface area (Å²) in [5, 5.41) is 0. The van der Waals surface area contributed by atoms with Gasteiger partial charge in [-0.15, -0.1) is 0 Å². The zero-order chi connectivity index (χ0) is 7.28. The molecule has 9 heavy (non-hydrogen) atoms. The fraction of sp³-hybridized carbons (Fsp3) is 0.833. The molecule has 0 unspecified atom stereocenters. The summed E-state index contributed by atoms with van der Waals surface area (Å²) in [6, 6.07) is 0. The first kappa shape index (κ1) is 9.20. The molecule has 0 rings (SSSR count). The maximum atomic E-state index is 10.6. The van der Waals surface area contributed by atoms with E-state index in [1.807, 2.05) is 7.05 Å². The van der Waals surface area contributed by atoms with Gasteiger partial charge in [-0.05, 0) is 6.42 Å². The molecule has 1 amide bonds. The van der Waals surface area contributed by atoms with Crippen LogP contribution in [0.5, 0.6) is 0 Å². The van der Waals surface area contributed by atoms with Crippen molar-refractivity contribution < 1.29 is 4.79 Å². The third kappa shape index (κ3) is 4.69. The second-order valence-electron chi connectivity index (χ2n) is 1.98. The molecule has 3 heteroatoms. The Morgan fingerprint density at radius 2 is 2.22 bits per heavy atom. The minimum Gasteiger partial charge on any atom is -0.346 e. The highest BCUT2D eigenvalue weighted by Gasteiger charge is 1.98. The molecule has 0 N–H and O–H groups in total. The number of halogens is 1. The predicted octanol–water partition coefficient (Wildman–Crippen LogP) is 1.29. The standard InChI is InChI=1S/C6H12INO/c1-6(9)8(2)5-3-4-7/h3-5H2,1-2H3. The topological polar surface area (TPSA) is 20.3 Å². The number of amides is 1. The molecular weight excluding hydrogens is 229 g/mol. The van der Waals surface area contributed by atoms with Crippen LogP contribution in [-0.2, 0) is 4.79 Å². The number of rotatable bonds is 3. The van der Waals surface area contributed by atoms with Crippen LogP contribution in [0, 0.1) is 0 Å². The van der Waals surface area contributed by atoms with E-state index < -0.39 is 0 Å². The van der Waals surface area contributed by atoms with E-state index in [4.69, 9.17) is 0 Å². The predicted molar refractivity (Wildman–Crippen MR) is 46.8 cm³/mol. The number of alkyl halides is 1. The van der Waals surface area contributed by atoms with Gasteiger partial charge in [-0.2, -0.15) is 0 Å². The molecule has 0 fully saturated rings. The van der Waals surface area contributed by atoms with Crippen molar-refractivity contribution in [2.45, 2.75) is 13.3 Å². The van der Waals surface area contributed by atoms with Gasteiger partial charge in [0.25, 0.3) is 0 Å². The average molecular weight is 241 g/mol. The van der Waals surface area contributed by atoms with Crippen molar-refractivity contribution in [3.63, 3.8) is 0 Å². The molecule has 0 heterocycles. The van der Waals surface area contributed by atoms with Crippen LogP contribution < -0.4 is 0 Å². The summed E-state index contributed by atoms with van der Waals surface area (Å²) in [5.74, 6) is 0.153. The third-order valence-corrected chi connectivity index (χ3v) is 1.93. The van der Waals surface area contributed by atoms with E-state index in [1.165, 1.54) is 0 Å². The van der Waals surface area contributed by atoms with E-state index >= 15 is 0 Å². The lowest BCUT2D eigenvalue weighted by Crippen LogP contribution is -2.24. The lowest BCUT2D eigenvalue weighted by atomic mass is 10.4. The molecule has 0 aromatic heterocycles. The second kappa shape index (κ2) is 5.02. The molecule has 0 aliphatic rings. The van der Waals surface area contributed by atoms with Crippen LogP contribution in [-0.4, -0.2) is 28.8 Å². The summed E-state index contributed by atoms with van der Waals surface area (Å²) in [7, 11) is 1.83. The Hall–Kier alpha value is 0.200. The zero-order valence-electron chi connectivity index (χ0n) is 5.85. The van der Waals surface area contributed by atoms with Crippen molar-refractivity contribution in [3.05, 3.63) is 0 Å². The van der Waals surface area contributed by atoms with Gasteiger partial charge in [0.15, 0.2) is 0 Å². The van der Waals surface area contributed by atoms with Crippen LogP contribution in [0.2, 0.25) is 0 Å². The Balaban J connectivity index is 3.27. The Kier molecular flexibility index (Phi) is 5.13. The fourth-order valence-electron chi connectivity index (χ4n) is 0.454. The van der Waals surface area contributed by atoms with Crippen molar-refractivity contribution in [3.8, 4) is 0 Å². The number of carbonyl (C=O) groups excluding carboxylic acids is 1. The van der Waals surface area contributed by atoms with Gasteiger partial charge in [-0.3, -0.25) is 4.79 Å². The molecule has 0 bridgehead atoms. The molecule has 0 aliphatic heterocycles. The van der Waals surface area contributed by atoms with Gasteiger partial charge < -0.3 is 4.90 Å². The Bertz CT molecular complexity index is 95.1. The lowest BCUT2D eigenvalue weighted by molar-refractivity contribution is -0.127. The second-order valence-corrected chi connectivity index (χ2v) is 3.06. The Morgan fingerprint density at radius 3 is 2.56 bits per heavy atom. The summed E-state index contributed by atoms with van der Waals surface area (Å²) in [6.07, 6.45) is 1.09. The van der Waals surface area contributed by atoms with E-state index in [1.54, 1.807) is 11.8 Å². The molecular formula is C6H12INO. The van der Waals surface area contributed by atoms with Crippen LogP contribution in [0.3, 0.4) is 0 Å². The number of hydrogen-bond acceptors (Lipinski definition) is 1. The third-order valence-electron chi connectivity index (χ3n) is 1.16. The Labute approximate surface area is 69.7 Å². The van der Waals surface area contributed by atoms with Gasteiger partial charge in [0, 0.05) is 24.9 Å². The van der Waals surface area contributed by atoms with Crippen molar-refractivity contribution in [2.24, 2.45) is 0 Å². The first-order valence-electron chi connectivity index (χ1n) is 2.96. The van der Waals surface area contributed by atoms with Crippen LogP contribution in [0.4, 0.5) is 0 Å². The zero-order valence-corrected chi connectivity index (χ0v) is 8.01. The molecule has 0 radical (unpaired) electrons. The van der Waals surface area contributed by atoms with E-state index in [0.29, 0.717) is 0 Å². The molecule has 2 nitrogen and oxygen atoms in total. The van der Waals surface area contributed by atoms with Crippen molar-refractivity contribution >= 4 is 28.5 Å². The van der Waals surface area contributed by atoms with Crippen LogP contribution >= 0.6 is 22.6 Å². The molecule has 0 aromatic rings. The summed E-state index contributed by atoms with van der Waals surface area (Å²) in [5.41, 5.74) is 0. The van der Waals surface area contributed by atoms with Crippen LogP contribution in [0.25, 0.3) is 0 Å². The largest absolute Gasteiger partial charge is 0.346 e. The van der Waals surface area contributed by atoms with Crippen LogP contribution in [0.15, 0.2) is 0 Å². The van der Waals surface area contributed by atoms with Gasteiger partial charge in [-0.25, -0.2) is 0 Å². The normalized spacial score (nSPS) is 9.22. The monoisotopic (exact) mass is 241 g/mol. The molecule has 0 aromatic carbocycles. The number of carbonyl (C=O) groups is 1. The van der Waals surface area contributed by atoms with Gasteiger partial charge in [0.05, 0.1) is 0 Å². The summed E-state index contributed by atoms with van der Waals surface area (Å²) in [6.45, 7) is 2.48. The highest BCUT2D eigenvalue weighted by molar-refractivity contribution is 14.1. The number of nitrogens with zero attached hydrogens (tertiary/aromatic N) is 1. The SMILES string of the molecule is CC(=O)N(C)CCCI. The molecule has 0 spiro atoms. The number of hydrogen-bond donors (Lipinski definition) is 0. The summed E-state index contributed by atoms with van der Waals surface area (Å²) in [4.78, 5) is 12.3. The quantitative estimate of drug-likeness (QED) is 0.538. The molecule has 0 atom stereocenters. The maximum Gasteiger partial charge on any atom is 0.219 e. The van der Waals surface area contributed by atoms with Crippen LogP contribution in [0.1, 0.15) is 13.3 Å². The molecule has 0 saturated carbocycles. The molecule has 0 aliphatic carbocycles. The minimum absolute atomic E-state index is 0.153. The van der Waals surface area contributed by atoms with Crippen molar-refractivity contribution in [1.82, 2.24) is 4.90 Å².